The number of nitrogens with zero attached hydrogens (tertiary/aromatic N) is 2. The Bertz CT molecular complexity index is 1210. The van der Waals surface area contributed by atoms with Gasteiger partial charge in [0.15, 0.2) is 0 Å². The number of amides is 1. The molecule has 0 atom stereocenters. The Kier molecular flexibility index (Phi) is 5.85. The molecular weight excluding hydrogens is 408 g/mol. The Morgan fingerprint density at radius 2 is 2.06 bits per heavy atom. The number of hydrogen-bond acceptors (Lipinski definition) is 5. The zero-order valence-electron chi connectivity index (χ0n) is 18.3. The molecular formula is C24H26N4O4. The van der Waals surface area contributed by atoms with E-state index in [0.29, 0.717) is 18.8 Å². The summed E-state index contributed by atoms with van der Waals surface area (Å²) in [6.45, 7) is 4.88. The fourth-order valence-corrected chi connectivity index (χ4v) is 4.05. The molecule has 2 heterocycles. The molecule has 166 valence electrons. The maximum Gasteiger partial charge on any atom is 0.293 e. The number of carbonyl (C=O) groups excluding carboxylic acids is 1. The molecule has 8 nitrogen and oxygen atoms in total. The fraction of sp³-hybridized carbons (Fsp3) is 0.292. The van der Waals surface area contributed by atoms with Crippen LogP contribution >= 0.6 is 0 Å². The van der Waals surface area contributed by atoms with Crippen molar-refractivity contribution < 1.29 is 14.5 Å². The first-order valence-electron chi connectivity index (χ1n) is 10.6. The van der Waals surface area contributed by atoms with Crippen LogP contribution < -0.4 is 15.0 Å². The lowest BCUT2D eigenvalue weighted by Gasteiger charge is -2.28. The number of hydrogen-bond donors (Lipinski definition) is 2. The van der Waals surface area contributed by atoms with Gasteiger partial charge in [0.25, 0.3) is 11.6 Å². The second kappa shape index (κ2) is 8.74. The molecule has 0 bridgehead atoms. The summed E-state index contributed by atoms with van der Waals surface area (Å²) in [6.07, 6.45) is 4.85. The average molecular weight is 434 g/mol. The Labute approximate surface area is 186 Å². The quantitative estimate of drug-likeness (QED) is 0.439. The molecule has 3 aromatic rings. The maximum absolute atomic E-state index is 12.3. The maximum atomic E-state index is 12.3. The normalized spacial score (nSPS) is 13.9. The highest BCUT2D eigenvalue weighted by Gasteiger charge is 2.24. The highest BCUT2D eigenvalue weighted by molar-refractivity contribution is 5.96. The summed E-state index contributed by atoms with van der Waals surface area (Å²) in [5, 5.41) is 15.6. The lowest BCUT2D eigenvalue weighted by Crippen LogP contribution is -2.31. The minimum atomic E-state index is -0.424. The van der Waals surface area contributed by atoms with Gasteiger partial charge in [-0.15, -0.1) is 0 Å². The summed E-state index contributed by atoms with van der Waals surface area (Å²) in [4.78, 5) is 28.9. The third kappa shape index (κ3) is 4.16. The van der Waals surface area contributed by atoms with Crippen molar-refractivity contribution in [1.82, 2.24) is 10.3 Å². The third-order valence-corrected chi connectivity index (χ3v) is 5.64. The predicted octanol–water partition coefficient (Wildman–Crippen LogP) is 4.52. The molecule has 2 aromatic carbocycles. The van der Waals surface area contributed by atoms with E-state index in [1.807, 2.05) is 43.1 Å². The van der Waals surface area contributed by atoms with E-state index in [1.54, 1.807) is 19.2 Å². The minimum Gasteiger partial charge on any atom is -0.497 e. The molecule has 8 heteroatoms. The van der Waals surface area contributed by atoms with Gasteiger partial charge in [0, 0.05) is 53.4 Å². The van der Waals surface area contributed by atoms with Crippen molar-refractivity contribution in [2.24, 2.45) is 0 Å². The lowest BCUT2D eigenvalue weighted by atomic mass is 9.98. The Morgan fingerprint density at radius 1 is 1.25 bits per heavy atom. The van der Waals surface area contributed by atoms with Crippen molar-refractivity contribution in [3.63, 3.8) is 0 Å². The SMILES string of the molecule is COc1ccc2[nH]cc(C3=CCN(c4ccc(C(=O)NC(C)C)cc4[N+](=O)[O-])CC3)c2c1. The first-order chi connectivity index (χ1) is 15.4. The van der Waals surface area contributed by atoms with Gasteiger partial charge in [-0.2, -0.15) is 0 Å². The Balaban J connectivity index is 1.60. The molecule has 0 saturated heterocycles. The summed E-state index contributed by atoms with van der Waals surface area (Å²) >= 11 is 0. The molecule has 1 aliphatic rings. The van der Waals surface area contributed by atoms with E-state index in [1.165, 1.54) is 11.6 Å². The molecule has 0 saturated carbocycles. The molecule has 0 fully saturated rings. The predicted molar refractivity (Wildman–Crippen MR) is 125 cm³/mol. The number of carbonyl (C=O) groups is 1. The van der Waals surface area contributed by atoms with Crippen LogP contribution in [-0.4, -0.2) is 42.1 Å². The van der Waals surface area contributed by atoms with Crippen molar-refractivity contribution >= 4 is 33.8 Å². The molecule has 1 aromatic heterocycles. The van der Waals surface area contributed by atoms with Crippen LogP contribution in [0.1, 0.15) is 36.2 Å². The first kappa shape index (κ1) is 21.4. The molecule has 0 unspecified atom stereocenters. The highest BCUT2D eigenvalue weighted by atomic mass is 16.6. The molecule has 0 spiro atoms. The van der Waals surface area contributed by atoms with Crippen molar-refractivity contribution in [2.45, 2.75) is 26.3 Å². The van der Waals surface area contributed by atoms with Gasteiger partial charge in [0.2, 0.25) is 0 Å². The number of ether oxygens (including phenoxy) is 1. The number of anilines is 1. The number of nitro groups is 1. The number of methoxy groups -OCH3 is 1. The number of nitrogens with one attached hydrogen (secondary N) is 2. The number of rotatable bonds is 6. The van der Waals surface area contributed by atoms with Gasteiger partial charge in [-0.05, 0) is 56.2 Å². The Hall–Kier alpha value is -3.81. The number of nitro benzene ring substituents is 1. The van der Waals surface area contributed by atoms with Crippen molar-refractivity contribution in [1.29, 1.82) is 0 Å². The summed E-state index contributed by atoms with van der Waals surface area (Å²) in [5.41, 5.74) is 4.09. The standard InChI is InChI=1S/C24H26N4O4/c1-15(2)26-24(29)17-4-7-22(23(12-17)28(30)31)27-10-8-16(9-11-27)20-14-25-21-6-5-18(32-3)13-19(20)21/h4-8,12-15,25H,9-11H2,1-3H3,(H,26,29). The van der Waals surface area contributed by atoms with E-state index in [-0.39, 0.29) is 23.2 Å². The zero-order chi connectivity index (χ0) is 22.8. The smallest absolute Gasteiger partial charge is 0.293 e. The lowest BCUT2D eigenvalue weighted by molar-refractivity contribution is -0.384. The number of benzene rings is 2. The molecule has 1 amide bonds. The van der Waals surface area contributed by atoms with Crippen LogP contribution in [0.2, 0.25) is 0 Å². The molecule has 4 rings (SSSR count). The van der Waals surface area contributed by atoms with Gasteiger partial charge >= 0.3 is 0 Å². The van der Waals surface area contributed by atoms with Crippen LogP contribution in [0.25, 0.3) is 16.5 Å². The van der Waals surface area contributed by atoms with Gasteiger partial charge in [0.05, 0.1) is 12.0 Å². The van der Waals surface area contributed by atoms with Crippen LogP contribution in [0.15, 0.2) is 48.7 Å². The first-order valence-corrected chi connectivity index (χ1v) is 10.6. The van der Waals surface area contributed by atoms with Gasteiger partial charge in [-0.25, -0.2) is 0 Å². The minimum absolute atomic E-state index is 0.0450. The van der Waals surface area contributed by atoms with Gasteiger partial charge < -0.3 is 19.9 Å². The van der Waals surface area contributed by atoms with Crippen LogP contribution in [-0.2, 0) is 0 Å². The molecule has 0 radical (unpaired) electrons. The number of aromatic amines is 1. The molecule has 1 aliphatic heterocycles. The van der Waals surface area contributed by atoms with E-state index in [9.17, 15) is 14.9 Å². The summed E-state index contributed by atoms with van der Waals surface area (Å²) in [5.74, 6) is 0.485. The highest BCUT2D eigenvalue weighted by Crippen LogP contribution is 2.35. The van der Waals surface area contributed by atoms with Gasteiger partial charge in [-0.3, -0.25) is 14.9 Å². The van der Waals surface area contributed by atoms with E-state index in [0.717, 1.165) is 28.6 Å². The van der Waals surface area contributed by atoms with Crippen LogP contribution in [0.5, 0.6) is 5.75 Å². The topological polar surface area (TPSA) is 100 Å². The van der Waals surface area contributed by atoms with Gasteiger partial charge in [0.1, 0.15) is 11.4 Å². The number of aromatic nitrogens is 1. The second-order valence-electron chi connectivity index (χ2n) is 8.13. The van der Waals surface area contributed by atoms with E-state index < -0.39 is 4.92 Å². The van der Waals surface area contributed by atoms with Crippen molar-refractivity contribution in [2.75, 3.05) is 25.1 Å². The summed E-state index contributed by atoms with van der Waals surface area (Å²) in [6, 6.07) is 10.6. The number of H-pyrrole nitrogens is 1. The van der Waals surface area contributed by atoms with Crippen LogP contribution in [0.3, 0.4) is 0 Å². The molecule has 2 N–H and O–H groups in total. The van der Waals surface area contributed by atoms with Crippen molar-refractivity contribution in [3.05, 3.63) is 69.9 Å². The second-order valence-corrected chi connectivity index (χ2v) is 8.13. The zero-order valence-corrected chi connectivity index (χ0v) is 18.3. The molecule has 0 aliphatic carbocycles. The van der Waals surface area contributed by atoms with Crippen LogP contribution in [0.4, 0.5) is 11.4 Å². The monoisotopic (exact) mass is 434 g/mol. The van der Waals surface area contributed by atoms with Gasteiger partial charge in [-0.1, -0.05) is 6.08 Å². The van der Waals surface area contributed by atoms with E-state index >= 15 is 0 Å². The van der Waals surface area contributed by atoms with Crippen molar-refractivity contribution in [3.8, 4) is 5.75 Å². The largest absolute Gasteiger partial charge is 0.497 e. The fourth-order valence-electron chi connectivity index (χ4n) is 4.05. The third-order valence-electron chi connectivity index (χ3n) is 5.64. The van der Waals surface area contributed by atoms with Crippen LogP contribution in [0, 0.1) is 10.1 Å². The van der Waals surface area contributed by atoms with E-state index in [2.05, 4.69) is 16.4 Å². The average Bonchev–Trinajstić information content (AvgIpc) is 3.21. The molecule has 32 heavy (non-hydrogen) atoms. The summed E-state index contributed by atoms with van der Waals surface area (Å²) < 4.78 is 5.36. The number of fused-ring (bicyclic) bond motifs is 1. The summed E-state index contributed by atoms with van der Waals surface area (Å²) in [7, 11) is 1.65. The Morgan fingerprint density at radius 3 is 2.72 bits per heavy atom. The van der Waals surface area contributed by atoms with E-state index in [4.69, 9.17) is 4.74 Å².